The van der Waals surface area contributed by atoms with Crippen molar-refractivity contribution >= 4 is 53.2 Å². The van der Waals surface area contributed by atoms with Gasteiger partial charge in [0.1, 0.15) is 0 Å². The van der Waals surface area contributed by atoms with Gasteiger partial charge < -0.3 is 0 Å². The second-order valence-corrected chi connectivity index (χ2v) is 6.25. The summed E-state index contributed by atoms with van der Waals surface area (Å²) in [6, 6.07) is 12.4. The van der Waals surface area contributed by atoms with Crippen molar-refractivity contribution in [1.29, 1.82) is 0 Å². The molecular formula is C15H9Cl3N4S. The van der Waals surface area contributed by atoms with Gasteiger partial charge in [-0.2, -0.15) is 14.9 Å². The molecule has 0 atom stereocenters. The first-order valence-corrected chi connectivity index (χ1v) is 8.01. The number of nitrogens with one attached hydrogen (secondary N) is 1. The molecule has 3 rings (SSSR count). The van der Waals surface area contributed by atoms with Gasteiger partial charge in [0, 0.05) is 15.6 Å². The number of benzene rings is 2. The van der Waals surface area contributed by atoms with E-state index in [9.17, 15) is 0 Å². The van der Waals surface area contributed by atoms with Crippen LogP contribution in [0, 0.1) is 4.77 Å². The molecule has 0 spiro atoms. The highest BCUT2D eigenvalue weighted by molar-refractivity contribution is 7.71. The average Bonchev–Trinajstić information content (AvgIpc) is 2.86. The van der Waals surface area contributed by atoms with Crippen molar-refractivity contribution in [1.82, 2.24) is 14.9 Å². The molecule has 0 bridgehead atoms. The van der Waals surface area contributed by atoms with E-state index in [1.54, 1.807) is 36.5 Å². The zero-order valence-corrected chi connectivity index (χ0v) is 14.6. The van der Waals surface area contributed by atoms with E-state index >= 15 is 0 Å². The van der Waals surface area contributed by atoms with Crippen LogP contribution in [0.1, 0.15) is 5.56 Å². The SMILES string of the molecule is S=c1[nH]nc(-c2ccc(Cl)cc2Cl)n1/N=C\c1cccc(Cl)c1. The Balaban J connectivity index is 2.04. The van der Waals surface area contributed by atoms with E-state index in [0.29, 0.717) is 31.2 Å². The Hall–Kier alpha value is -1.66. The molecule has 0 amide bonds. The van der Waals surface area contributed by atoms with Crippen LogP contribution in [-0.4, -0.2) is 21.1 Å². The Labute approximate surface area is 152 Å². The summed E-state index contributed by atoms with van der Waals surface area (Å²) in [6.07, 6.45) is 1.64. The number of aromatic nitrogens is 3. The zero-order chi connectivity index (χ0) is 16.4. The maximum atomic E-state index is 6.23. The van der Waals surface area contributed by atoms with E-state index in [2.05, 4.69) is 15.3 Å². The highest BCUT2D eigenvalue weighted by atomic mass is 35.5. The first-order valence-electron chi connectivity index (χ1n) is 6.47. The number of rotatable bonds is 3. The second-order valence-electron chi connectivity index (χ2n) is 4.59. The van der Waals surface area contributed by atoms with Crippen LogP contribution in [0.25, 0.3) is 11.4 Å². The molecule has 8 heteroatoms. The van der Waals surface area contributed by atoms with E-state index in [4.69, 9.17) is 47.0 Å². The van der Waals surface area contributed by atoms with Gasteiger partial charge in [0.25, 0.3) is 0 Å². The number of hydrogen-bond acceptors (Lipinski definition) is 3. The van der Waals surface area contributed by atoms with Gasteiger partial charge in [0.05, 0.1) is 11.2 Å². The number of hydrogen-bond donors (Lipinski definition) is 1. The number of H-pyrrole nitrogens is 1. The molecule has 23 heavy (non-hydrogen) atoms. The molecule has 0 aliphatic rings. The molecule has 0 saturated carbocycles. The lowest BCUT2D eigenvalue weighted by molar-refractivity contribution is 0.871. The van der Waals surface area contributed by atoms with Gasteiger partial charge in [-0.15, -0.1) is 0 Å². The normalized spacial score (nSPS) is 11.3. The molecule has 1 aromatic heterocycles. The van der Waals surface area contributed by atoms with Crippen molar-refractivity contribution in [3.8, 4) is 11.4 Å². The summed E-state index contributed by atoms with van der Waals surface area (Å²) < 4.78 is 1.84. The summed E-state index contributed by atoms with van der Waals surface area (Å²) in [6.45, 7) is 0. The van der Waals surface area contributed by atoms with Crippen LogP contribution in [0.2, 0.25) is 15.1 Å². The molecule has 1 heterocycles. The Morgan fingerprint density at radius 3 is 2.61 bits per heavy atom. The highest BCUT2D eigenvalue weighted by Crippen LogP contribution is 2.29. The fraction of sp³-hybridized carbons (Fsp3) is 0. The number of halogens is 3. The van der Waals surface area contributed by atoms with Gasteiger partial charge in [0.2, 0.25) is 4.77 Å². The molecule has 116 valence electrons. The first kappa shape index (κ1) is 16.2. The minimum atomic E-state index is 0.351. The first-order chi connectivity index (χ1) is 11.0. The monoisotopic (exact) mass is 382 g/mol. The summed E-state index contributed by atoms with van der Waals surface area (Å²) in [4.78, 5) is 0. The van der Waals surface area contributed by atoms with Crippen LogP contribution >= 0.6 is 47.0 Å². The molecule has 2 aromatic carbocycles. The summed E-state index contributed by atoms with van der Waals surface area (Å²) in [5.41, 5.74) is 1.51. The average molecular weight is 384 g/mol. The number of nitrogens with zero attached hydrogens (tertiary/aromatic N) is 3. The van der Waals surface area contributed by atoms with Crippen molar-refractivity contribution in [2.45, 2.75) is 0 Å². The van der Waals surface area contributed by atoms with Crippen LogP contribution < -0.4 is 0 Å². The van der Waals surface area contributed by atoms with Crippen LogP contribution in [0.5, 0.6) is 0 Å². The fourth-order valence-corrected chi connectivity index (χ4v) is 2.83. The van der Waals surface area contributed by atoms with E-state index in [-0.39, 0.29) is 0 Å². The fourth-order valence-electron chi connectivity index (χ4n) is 1.96. The molecule has 0 unspecified atom stereocenters. The molecule has 4 nitrogen and oxygen atoms in total. The zero-order valence-electron chi connectivity index (χ0n) is 11.5. The van der Waals surface area contributed by atoms with Crippen molar-refractivity contribution in [2.24, 2.45) is 5.10 Å². The molecule has 0 radical (unpaired) electrons. The summed E-state index contributed by atoms with van der Waals surface area (Å²) >= 11 is 23.3. The second kappa shape index (κ2) is 6.84. The van der Waals surface area contributed by atoms with Gasteiger partial charge in [0.15, 0.2) is 5.82 Å². The topological polar surface area (TPSA) is 46.0 Å². The lowest BCUT2D eigenvalue weighted by atomic mass is 10.2. The van der Waals surface area contributed by atoms with Crippen LogP contribution in [-0.2, 0) is 0 Å². The predicted octanol–water partition coefficient (Wildman–Crippen LogP) is 5.45. The molecule has 1 N–H and O–H groups in total. The third kappa shape index (κ3) is 3.64. The third-order valence-corrected chi connectivity index (χ3v) is 4.04. The van der Waals surface area contributed by atoms with E-state index < -0.39 is 0 Å². The lowest BCUT2D eigenvalue weighted by Gasteiger charge is -2.04. The Kier molecular flexibility index (Phi) is 4.82. The molecule has 0 saturated heterocycles. The molecule has 0 aliphatic carbocycles. The van der Waals surface area contributed by atoms with Gasteiger partial charge in [-0.05, 0) is 48.1 Å². The highest BCUT2D eigenvalue weighted by Gasteiger charge is 2.12. The maximum absolute atomic E-state index is 6.23. The van der Waals surface area contributed by atoms with Gasteiger partial charge in [-0.3, -0.25) is 0 Å². The van der Waals surface area contributed by atoms with E-state index in [1.165, 1.54) is 4.68 Å². The predicted molar refractivity (Wildman–Crippen MR) is 97.3 cm³/mol. The molecule has 3 aromatic rings. The summed E-state index contributed by atoms with van der Waals surface area (Å²) in [5, 5.41) is 12.9. The Morgan fingerprint density at radius 1 is 1.09 bits per heavy atom. The van der Waals surface area contributed by atoms with Crippen molar-refractivity contribution in [2.75, 3.05) is 0 Å². The largest absolute Gasteiger partial charge is 0.250 e. The van der Waals surface area contributed by atoms with Gasteiger partial charge in [-0.25, -0.2) is 5.10 Å². The third-order valence-electron chi connectivity index (χ3n) is 2.99. The number of aromatic amines is 1. The van der Waals surface area contributed by atoms with Gasteiger partial charge >= 0.3 is 0 Å². The van der Waals surface area contributed by atoms with E-state index in [0.717, 1.165) is 5.56 Å². The van der Waals surface area contributed by atoms with Crippen molar-refractivity contribution < 1.29 is 0 Å². The molecule has 0 fully saturated rings. The minimum Gasteiger partial charge on any atom is -0.250 e. The summed E-state index contributed by atoms with van der Waals surface area (Å²) in [7, 11) is 0. The summed E-state index contributed by atoms with van der Waals surface area (Å²) in [5.74, 6) is 0.495. The molecule has 0 aliphatic heterocycles. The lowest BCUT2D eigenvalue weighted by Crippen LogP contribution is -1.95. The minimum absolute atomic E-state index is 0.351. The van der Waals surface area contributed by atoms with Gasteiger partial charge in [-0.1, -0.05) is 46.9 Å². The van der Waals surface area contributed by atoms with Crippen LogP contribution in [0.3, 0.4) is 0 Å². The van der Waals surface area contributed by atoms with Crippen molar-refractivity contribution in [3.63, 3.8) is 0 Å². The smallest absolute Gasteiger partial charge is 0.216 e. The molecular weight excluding hydrogens is 375 g/mol. The standard InChI is InChI=1S/C15H9Cl3N4S/c16-10-3-1-2-9(6-10)8-19-22-14(20-21-15(22)23)12-5-4-11(17)7-13(12)18/h1-8H,(H,21,23)/b19-8-. The Morgan fingerprint density at radius 2 is 1.87 bits per heavy atom. The Bertz CT molecular complexity index is 946. The van der Waals surface area contributed by atoms with Crippen molar-refractivity contribution in [3.05, 3.63) is 67.9 Å². The quantitative estimate of drug-likeness (QED) is 0.483. The van der Waals surface area contributed by atoms with Crippen LogP contribution in [0.15, 0.2) is 47.6 Å². The maximum Gasteiger partial charge on any atom is 0.216 e. The van der Waals surface area contributed by atoms with E-state index in [1.807, 2.05) is 12.1 Å². The van der Waals surface area contributed by atoms with Crippen LogP contribution in [0.4, 0.5) is 0 Å².